The topological polar surface area (TPSA) is 58.9 Å². The van der Waals surface area contributed by atoms with Gasteiger partial charge in [-0.05, 0) is 42.9 Å². The Balaban J connectivity index is 1.82. The maximum absolute atomic E-state index is 10.6. The number of isocyanates is 2. The smallest absolute Gasteiger partial charge is 0.211 e. The van der Waals surface area contributed by atoms with Gasteiger partial charge in [-0.2, -0.15) is 9.98 Å². The first-order chi connectivity index (χ1) is 11.8. The van der Waals surface area contributed by atoms with Crippen LogP contribution in [0.1, 0.15) is 36.8 Å². The van der Waals surface area contributed by atoms with Crippen LogP contribution < -0.4 is 0 Å². The van der Waals surface area contributed by atoms with Crippen LogP contribution in [0.15, 0.2) is 58.5 Å². The minimum absolute atomic E-state index is 0.370. The van der Waals surface area contributed by atoms with Crippen molar-refractivity contribution in [1.29, 1.82) is 0 Å². The number of hydrogen-bond acceptors (Lipinski definition) is 4. The zero-order chi connectivity index (χ0) is 17.0. The lowest BCUT2D eigenvalue weighted by Crippen LogP contribution is -1.89. The first-order valence-corrected chi connectivity index (χ1v) is 8.16. The van der Waals surface area contributed by atoms with E-state index in [-0.39, 0.29) is 0 Å². The number of hydrogen-bond donors (Lipinski definition) is 0. The van der Waals surface area contributed by atoms with Gasteiger partial charge >= 0.3 is 0 Å². The molecule has 4 nitrogen and oxygen atoms in total. The fourth-order valence-corrected chi connectivity index (χ4v) is 2.74. The molecule has 0 radical (unpaired) electrons. The summed E-state index contributed by atoms with van der Waals surface area (Å²) in [7, 11) is 0. The molecule has 0 saturated carbocycles. The monoisotopic (exact) mass is 320 g/mol. The molecule has 2 rings (SSSR count). The number of rotatable bonds is 9. The summed E-state index contributed by atoms with van der Waals surface area (Å²) < 4.78 is 0. The number of benzene rings is 2. The molecule has 0 saturated heterocycles. The molecule has 0 aliphatic rings. The number of carbonyl (C=O) groups excluding carboxylic acids is 2. The van der Waals surface area contributed by atoms with E-state index in [1.807, 2.05) is 18.2 Å². The molecular formula is C20H20N2O2. The molecule has 0 amide bonds. The Labute approximate surface area is 142 Å². The van der Waals surface area contributed by atoms with E-state index >= 15 is 0 Å². The fourth-order valence-electron chi connectivity index (χ4n) is 2.74. The van der Waals surface area contributed by atoms with E-state index < -0.39 is 0 Å². The van der Waals surface area contributed by atoms with Crippen LogP contribution in [0.5, 0.6) is 0 Å². The van der Waals surface area contributed by atoms with E-state index in [0.29, 0.717) is 11.4 Å². The summed E-state index contributed by atoms with van der Waals surface area (Å²) in [5.41, 5.74) is 3.09. The van der Waals surface area contributed by atoms with Crippen molar-refractivity contribution in [1.82, 2.24) is 0 Å². The van der Waals surface area contributed by atoms with Crippen LogP contribution in [0.25, 0.3) is 0 Å². The third-order valence-corrected chi connectivity index (χ3v) is 3.93. The Morgan fingerprint density at radius 2 is 1.42 bits per heavy atom. The molecule has 0 heterocycles. The molecule has 0 spiro atoms. The van der Waals surface area contributed by atoms with Gasteiger partial charge in [-0.15, -0.1) is 0 Å². The second-order valence-electron chi connectivity index (χ2n) is 5.59. The highest BCUT2D eigenvalue weighted by molar-refractivity contribution is 5.71. The van der Waals surface area contributed by atoms with Gasteiger partial charge in [0.05, 0.1) is 0 Å². The van der Waals surface area contributed by atoms with Gasteiger partial charge in [0.1, 0.15) is 11.4 Å². The molecular weight excluding hydrogens is 300 g/mol. The number of nitrogens with zero attached hydrogens (tertiary/aromatic N) is 2. The Bertz CT molecular complexity index is 743. The summed E-state index contributed by atoms with van der Waals surface area (Å²) in [5.74, 6) is 0. The van der Waals surface area contributed by atoms with Crippen LogP contribution in [-0.4, -0.2) is 12.2 Å². The van der Waals surface area contributed by atoms with Crippen molar-refractivity contribution in [2.45, 2.75) is 38.5 Å². The largest absolute Gasteiger partial charge is 0.240 e. The van der Waals surface area contributed by atoms with Crippen LogP contribution in [0, 0.1) is 0 Å². The molecule has 122 valence electrons. The lowest BCUT2D eigenvalue weighted by molar-refractivity contribution is 0.564. The lowest BCUT2D eigenvalue weighted by atomic mass is 10.0. The van der Waals surface area contributed by atoms with E-state index in [4.69, 9.17) is 0 Å². The van der Waals surface area contributed by atoms with Crippen molar-refractivity contribution >= 4 is 23.5 Å². The summed E-state index contributed by atoms with van der Waals surface area (Å²) in [6.07, 6.45) is 9.37. The van der Waals surface area contributed by atoms with E-state index in [1.165, 1.54) is 24.1 Å². The van der Waals surface area contributed by atoms with Crippen LogP contribution in [0.3, 0.4) is 0 Å². The van der Waals surface area contributed by atoms with E-state index in [0.717, 1.165) is 37.7 Å². The minimum atomic E-state index is 0.370. The van der Waals surface area contributed by atoms with Crippen LogP contribution >= 0.6 is 0 Å². The first kappa shape index (κ1) is 17.6. The third-order valence-electron chi connectivity index (χ3n) is 3.93. The van der Waals surface area contributed by atoms with Crippen molar-refractivity contribution in [2.24, 2.45) is 9.98 Å². The summed E-state index contributed by atoms with van der Waals surface area (Å²) in [5, 5.41) is 0. The minimum Gasteiger partial charge on any atom is -0.211 e. The van der Waals surface area contributed by atoms with Crippen LogP contribution in [-0.2, 0) is 22.4 Å². The van der Waals surface area contributed by atoms with E-state index in [9.17, 15) is 9.59 Å². The third kappa shape index (κ3) is 5.44. The second kappa shape index (κ2) is 10.1. The van der Waals surface area contributed by atoms with Gasteiger partial charge in [-0.1, -0.05) is 55.3 Å². The number of para-hydroxylation sites is 1. The molecule has 2 aromatic rings. The highest BCUT2D eigenvalue weighted by Crippen LogP contribution is 2.32. The number of aliphatic imine (C=N–C) groups is 2. The predicted octanol–water partition coefficient (Wildman–Crippen LogP) is 4.97. The van der Waals surface area contributed by atoms with Crippen molar-refractivity contribution < 1.29 is 9.59 Å². The van der Waals surface area contributed by atoms with Crippen molar-refractivity contribution in [3.63, 3.8) is 0 Å². The summed E-state index contributed by atoms with van der Waals surface area (Å²) in [6, 6.07) is 15.8. The molecule has 0 aliphatic carbocycles. The SMILES string of the molecule is O=C=Nc1cccc(CCCCCCc2ccccc2)c1N=C=O. The molecule has 0 fully saturated rings. The maximum atomic E-state index is 10.6. The zero-order valence-corrected chi connectivity index (χ0v) is 13.6. The number of aryl methyl sites for hydroxylation is 2. The average molecular weight is 320 g/mol. The Hall–Kier alpha value is -2.80. The van der Waals surface area contributed by atoms with Gasteiger partial charge in [0.2, 0.25) is 12.2 Å². The lowest BCUT2D eigenvalue weighted by Gasteiger charge is -2.07. The van der Waals surface area contributed by atoms with E-state index in [2.05, 4.69) is 34.3 Å². The normalized spacial score (nSPS) is 9.83. The van der Waals surface area contributed by atoms with Crippen molar-refractivity contribution in [3.05, 3.63) is 59.7 Å². The van der Waals surface area contributed by atoms with E-state index in [1.54, 1.807) is 6.07 Å². The van der Waals surface area contributed by atoms with Gasteiger partial charge in [0, 0.05) is 0 Å². The quantitative estimate of drug-likeness (QED) is 0.372. The Morgan fingerprint density at radius 3 is 2.12 bits per heavy atom. The molecule has 0 atom stereocenters. The standard InChI is InChI=1S/C20H20N2O2/c23-15-21-19-14-8-13-18(20(19)22-16-24)12-7-2-1-4-9-17-10-5-3-6-11-17/h3,5-6,8,10-11,13-14H,1-2,4,7,9,12H2. The molecule has 0 N–H and O–H groups in total. The van der Waals surface area contributed by atoms with Gasteiger partial charge in [0.15, 0.2) is 0 Å². The van der Waals surface area contributed by atoms with Gasteiger partial charge < -0.3 is 0 Å². The first-order valence-electron chi connectivity index (χ1n) is 8.16. The highest BCUT2D eigenvalue weighted by Gasteiger charge is 2.07. The van der Waals surface area contributed by atoms with Gasteiger partial charge in [0.25, 0.3) is 0 Å². The second-order valence-corrected chi connectivity index (χ2v) is 5.59. The summed E-state index contributed by atoms with van der Waals surface area (Å²) in [6.45, 7) is 0. The molecule has 0 bridgehead atoms. The molecule has 24 heavy (non-hydrogen) atoms. The molecule has 0 aliphatic heterocycles. The maximum Gasteiger partial charge on any atom is 0.240 e. The van der Waals surface area contributed by atoms with Crippen molar-refractivity contribution in [2.75, 3.05) is 0 Å². The molecule has 4 heteroatoms. The van der Waals surface area contributed by atoms with Crippen molar-refractivity contribution in [3.8, 4) is 0 Å². The van der Waals surface area contributed by atoms with Gasteiger partial charge in [-0.25, -0.2) is 9.59 Å². The zero-order valence-electron chi connectivity index (χ0n) is 13.6. The highest BCUT2D eigenvalue weighted by atomic mass is 16.1. The average Bonchev–Trinajstić information content (AvgIpc) is 2.61. The number of unbranched alkanes of at least 4 members (excludes halogenated alkanes) is 3. The molecule has 0 unspecified atom stereocenters. The van der Waals surface area contributed by atoms with Crippen LogP contribution in [0.4, 0.5) is 11.4 Å². The summed E-state index contributed by atoms with van der Waals surface area (Å²) in [4.78, 5) is 28.4. The Morgan fingerprint density at radius 1 is 0.708 bits per heavy atom. The van der Waals surface area contributed by atoms with Crippen LogP contribution in [0.2, 0.25) is 0 Å². The predicted molar refractivity (Wildman–Crippen MR) is 94.3 cm³/mol. The molecule has 0 aromatic heterocycles. The summed E-state index contributed by atoms with van der Waals surface area (Å²) >= 11 is 0. The fraction of sp³-hybridized carbons (Fsp3) is 0.300. The van der Waals surface area contributed by atoms with Gasteiger partial charge in [-0.3, -0.25) is 0 Å². The Kier molecular flexibility index (Phi) is 7.36. The molecule has 2 aromatic carbocycles.